The highest BCUT2D eigenvalue weighted by atomic mass is 16.5. The molecule has 0 saturated heterocycles. The minimum atomic E-state index is -0.842. The number of ether oxygens (including phenoxy) is 2. The second kappa shape index (κ2) is 5.68. The number of rotatable bonds is 4. The number of carbonyl (C=O) groups is 1. The van der Waals surface area contributed by atoms with Crippen molar-refractivity contribution >= 4 is 5.97 Å². The first-order chi connectivity index (χ1) is 7.99. The van der Waals surface area contributed by atoms with Gasteiger partial charge in [0.25, 0.3) is 0 Å². The van der Waals surface area contributed by atoms with Gasteiger partial charge >= 0.3 is 5.97 Å². The molecular weight excluding hydrogens is 220 g/mol. The number of carbonyl (C=O) groups excluding carboxylic acids is 1. The van der Waals surface area contributed by atoms with Crippen molar-refractivity contribution < 1.29 is 19.4 Å². The Bertz CT molecular complexity index is 389. The van der Waals surface area contributed by atoms with Gasteiger partial charge in [0.2, 0.25) is 0 Å². The summed E-state index contributed by atoms with van der Waals surface area (Å²) >= 11 is 0. The third kappa shape index (κ3) is 3.20. The molecule has 1 N–H and O–H groups in total. The third-order valence-electron chi connectivity index (χ3n) is 2.66. The Balaban J connectivity index is 2.96. The van der Waals surface area contributed by atoms with Gasteiger partial charge in [-0.3, -0.25) is 4.79 Å². The Labute approximate surface area is 101 Å². The lowest BCUT2D eigenvalue weighted by molar-refractivity contribution is -0.142. The molecule has 0 aliphatic heterocycles. The minimum Gasteiger partial charge on any atom is -0.496 e. The summed E-state index contributed by atoms with van der Waals surface area (Å²) in [7, 11) is 2.92. The van der Waals surface area contributed by atoms with Crippen LogP contribution in [0.15, 0.2) is 12.1 Å². The number of aliphatic hydroxyl groups is 1. The van der Waals surface area contributed by atoms with Crippen molar-refractivity contribution in [3.63, 3.8) is 0 Å². The van der Waals surface area contributed by atoms with Crippen LogP contribution in [0.25, 0.3) is 0 Å². The number of esters is 1. The molecule has 0 bridgehead atoms. The van der Waals surface area contributed by atoms with Gasteiger partial charge in [0.1, 0.15) is 5.75 Å². The minimum absolute atomic E-state index is 0.0400. The predicted octanol–water partition coefficient (Wildman–Crippen LogP) is 1.91. The normalized spacial score (nSPS) is 12.1. The second-order valence-electron chi connectivity index (χ2n) is 3.98. The quantitative estimate of drug-likeness (QED) is 0.814. The summed E-state index contributed by atoms with van der Waals surface area (Å²) in [4.78, 5) is 11.1. The van der Waals surface area contributed by atoms with Crippen LogP contribution in [0.2, 0.25) is 0 Å². The summed E-state index contributed by atoms with van der Waals surface area (Å²) in [5, 5.41) is 9.89. The molecule has 94 valence electrons. The van der Waals surface area contributed by atoms with Crippen LogP contribution in [-0.2, 0) is 9.53 Å². The monoisotopic (exact) mass is 238 g/mol. The zero-order valence-electron chi connectivity index (χ0n) is 10.6. The van der Waals surface area contributed by atoms with Crippen molar-refractivity contribution in [2.45, 2.75) is 26.4 Å². The van der Waals surface area contributed by atoms with E-state index in [2.05, 4.69) is 4.74 Å². The van der Waals surface area contributed by atoms with Gasteiger partial charge in [-0.2, -0.15) is 0 Å². The average molecular weight is 238 g/mol. The van der Waals surface area contributed by atoms with E-state index < -0.39 is 12.1 Å². The van der Waals surface area contributed by atoms with Gasteiger partial charge in [0.05, 0.1) is 26.7 Å². The Morgan fingerprint density at radius 1 is 1.29 bits per heavy atom. The molecule has 1 aromatic carbocycles. The molecule has 0 amide bonds. The van der Waals surface area contributed by atoms with E-state index in [-0.39, 0.29) is 6.42 Å². The first-order valence-corrected chi connectivity index (χ1v) is 5.39. The number of benzene rings is 1. The maximum absolute atomic E-state index is 11.1. The van der Waals surface area contributed by atoms with Crippen molar-refractivity contribution in [1.29, 1.82) is 0 Å². The van der Waals surface area contributed by atoms with Gasteiger partial charge in [0, 0.05) is 0 Å². The van der Waals surface area contributed by atoms with Crippen molar-refractivity contribution in [2.24, 2.45) is 0 Å². The summed E-state index contributed by atoms with van der Waals surface area (Å²) in [6, 6.07) is 3.64. The fraction of sp³-hybridized carbons (Fsp3) is 0.462. The SMILES string of the molecule is COC(=O)CC(O)c1cc(C)c(OC)c(C)c1. The molecule has 1 atom stereocenters. The highest BCUT2D eigenvalue weighted by molar-refractivity contribution is 5.70. The van der Waals surface area contributed by atoms with Crippen LogP contribution in [0.4, 0.5) is 0 Å². The maximum Gasteiger partial charge on any atom is 0.308 e. The molecule has 1 aromatic rings. The van der Waals surface area contributed by atoms with Gasteiger partial charge < -0.3 is 14.6 Å². The molecular formula is C13H18O4. The topological polar surface area (TPSA) is 55.8 Å². The van der Waals surface area contributed by atoms with Gasteiger partial charge in [-0.1, -0.05) is 0 Å². The lowest BCUT2D eigenvalue weighted by Crippen LogP contribution is -2.08. The first kappa shape index (κ1) is 13.5. The molecule has 0 aliphatic rings. The molecule has 17 heavy (non-hydrogen) atoms. The van der Waals surface area contributed by atoms with Crippen molar-refractivity contribution in [1.82, 2.24) is 0 Å². The number of methoxy groups -OCH3 is 2. The van der Waals surface area contributed by atoms with Crippen LogP contribution < -0.4 is 4.74 Å². The molecule has 4 nitrogen and oxygen atoms in total. The van der Waals surface area contributed by atoms with Crippen LogP contribution in [-0.4, -0.2) is 25.3 Å². The largest absolute Gasteiger partial charge is 0.496 e. The van der Waals surface area contributed by atoms with Crippen LogP contribution in [0.3, 0.4) is 0 Å². The van der Waals surface area contributed by atoms with Gasteiger partial charge in [-0.05, 0) is 42.7 Å². The summed E-state index contributed by atoms with van der Waals surface area (Å²) < 4.78 is 9.76. The average Bonchev–Trinajstić information content (AvgIpc) is 2.28. The molecule has 0 fully saturated rings. The highest BCUT2D eigenvalue weighted by Crippen LogP contribution is 2.28. The van der Waals surface area contributed by atoms with E-state index in [1.165, 1.54) is 7.11 Å². The van der Waals surface area contributed by atoms with Crippen molar-refractivity contribution in [3.05, 3.63) is 28.8 Å². The molecule has 0 spiro atoms. The van der Waals surface area contributed by atoms with E-state index in [9.17, 15) is 9.90 Å². The standard InChI is InChI=1S/C13H18O4/c1-8-5-10(6-9(2)13(8)17-4)11(14)7-12(15)16-3/h5-6,11,14H,7H2,1-4H3. The van der Waals surface area contributed by atoms with E-state index in [0.717, 1.165) is 16.9 Å². The van der Waals surface area contributed by atoms with E-state index in [1.54, 1.807) is 7.11 Å². The predicted molar refractivity (Wildman–Crippen MR) is 64.1 cm³/mol. The van der Waals surface area contributed by atoms with Crippen molar-refractivity contribution in [2.75, 3.05) is 14.2 Å². The zero-order chi connectivity index (χ0) is 13.0. The van der Waals surface area contributed by atoms with Gasteiger partial charge in [-0.25, -0.2) is 0 Å². The van der Waals surface area contributed by atoms with Crippen LogP contribution in [0.5, 0.6) is 5.75 Å². The molecule has 0 radical (unpaired) electrons. The highest BCUT2D eigenvalue weighted by Gasteiger charge is 2.15. The van der Waals surface area contributed by atoms with Gasteiger partial charge in [-0.15, -0.1) is 0 Å². The lowest BCUT2D eigenvalue weighted by atomic mass is 10.00. The summed E-state index contributed by atoms with van der Waals surface area (Å²) in [6.07, 6.45) is -0.882. The number of hydrogen-bond acceptors (Lipinski definition) is 4. The third-order valence-corrected chi connectivity index (χ3v) is 2.66. The Hall–Kier alpha value is -1.55. The van der Waals surface area contributed by atoms with Crippen molar-refractivity contribution in [3.8, 4) is 5.75 Å². The second-order valence-corrected chi connectivity index (χ2v) is 3.98. The molecule has 4 heteroatoms. The summed E-state index contributed by atoms with van der Waals surface area (Å²) in [6.45, 7) is 3.81. The number of aliphatic hydroxyl groups excluding tert-OH is 1. The van der Waals surface area contributed by atoms with E-state index in [4.69, 9.17) is 4.74 Å². The molecule has 0 saturated carbocycles. The first-order valence-electron chi connectivity index (χ1n) is 5.39. The molecule has 1 rings (SSSR count). The Morgan fingerprint density at radius 2 is 1.82 bits per heavy atom. The summed E-state index contributed by atoms with van der Waals surface area (Å²) in [5.41, 5.74) is 2.57. The van der Waals surface area contributed by atoms with E-state index in [0.29, 0.717) is 5.56 Å². The maximum atomic E-state index is 11.1. The summed E-state index contributed by atoms with van der Waals surface area (Å²) in [5.74, 6) is 0.377. The number of hydrogen-bond donors (Lipinski definition) is 1. The fourth-order valence-electron chi connectivity index (χ4n) is 1.86. The fourth-order valence-corrected chi connectivity index (χ4v) is 1.86. The van der Waals surface area contributed by atoms with Crippen LogP contribution in [0, 0.1) is 13.8 Å². The van der Waals surface area contributed by atoms with E-state index in [1.807, 2.05) is 26.0 Å². The van der Waals surface area contributed by atoms with E-state index >= 15 is 0 Å². The molecule has 1 unspecified atom stereocenters. The molecule has 0 heterocycles. The Morgan fingerprint density at radius 3 is 2.24 bits per heavy atom. The number of aryl methyl sites for hydroxylation is 2. The zero-order valence-corrected chi connectivity index (χ0v) is 10.6. The Kier molecular flexibility index (Phi) is 4.52. The molecule has 0 aliphatic carbocycles. The van der Waals surface area contributed by atoms with Gasteiger partial charge in [0.15, 0.2) is 0 Å². The van der Waals surface area contributed by atoms with Crippen LogP contribution >= 0.6 is 0 Å². The smallest absolute Gasteiger partial charge is 0.308 e. The lowest BCUT2D eigenvalue weighted by Gasteiger charge is -2.14. The van der Waals surface area contributed by atoms with Crippen LogP contribution in [0.1, 0.15) is 29.2 Å². The molecule has 0 aromatic heterocycles.